The average Bonchev–Trinajstić information content (AvgIpc) is 3.16. The van der Waals surface area contributed by atoms with Crippen LogP contribution in [-0.2, 0) is 10.3 Å². The molecule has 2 nitrogen and oxygen atoms in total. The number of halogens is 9. The standard InChI is InChI=1S/C22H26F9NO/c1-19-9-8-14(21(19,15(23)17(25)26)16(24)18(27)28)12-20(19,13-6-4-3-5-7-13)33-11-10-32(2)22(29,30)31/h3-7,14-18H,8-12H2,1-2H3. The van der Waals surface area contributed by atoms with Gasteiger partial charge < -0.3 is 4.74 Å². The van der Waals surface area contributed by atoms with Gasteiger partial charge in [-0.3, -0.25) is 0 Å². The van der Waals surface area contributed by atoms with Gasteiger partial charge in [-0.2, -0.15) is 13.2 Å². The van der Waals surface area contributed by atoms with Gasteiger partial charge in [0.2, 0.25) is 0 Å². The predicted octanol–water partition coefficient (Wildman–Crippen LogP) is 6.36. The van der Waals surface area contributed by atoms with Crippen LogP contribution in [0.25, 0.3) is 0 Å². The lowest BCUT2D eigenvalue weighted by molar-refractivity contribution is -0.247. The minimum atomic E-state index is -4.66. The smallest absolute Gasteiger partial charge is 0.368 e. The normalized spacial score (nSPS) is 33.9. The molecule has 188 valence electrons. The second-order valence-corrected chi connectivity index (χ2v) is 9.11. The van der Waals surface area contributed by atoms with Crippen LogP contribution in [0.4, 0.5) is 39.5 Å². The lowest BCUT2D eigenvalue weighted by Gasteiger charge is -2.52. The largest absolute Gasteiger partial charge is 0.459 e. The molecule has 2 aliphatic carbocycles. The third-order valence-corrected chi connectivity index (χ3v) is 7.85. The van der Waals surface area contributed by atoms with Crippen LogP contribution >= 0.6 is 0 Å². The van der Waals surface area contributed by atoms with Crippen LogP contribution in [-0.4, -0.2) is 56.6 Å². The third-order valence-electron chi connectivity index (χ3n) is 7.85. The van der Waals surface area contributed by atoms with Crippen molar-refractivity contribution in [3.63, 3.8) is 0 Å². The molecular formula is C22H26F9NO. The van der Waals surface area contributed by atoms with E-state index in [-0.39, 0.29) is 24.2 Å². The fraction of sp³-hybridized carbons (Fsp3) is 0.727. The van der Waals surface area contributed by atoms with Gasteiger partial charge in [-0.15, -0.1) is 0 Å². The summed E-state index contributed by atoms with van der Waals surface area (Å²) in [6.45, 7) is 0.0541. The summed E-state index contributed by atoms with van der Waals surface area (Å²) < 4.78 is 130. The molecule has 0 heterocycles. The van der Waals surface area contributed by atoms with Crippen LogP contribution in [0.3, 0.4) is 0 Å². The van der Waals surface area contributed by atoms with Gasteiger partial charge in [0, 0.05) is 12.0 Å². The number of hydrogen-bond acceptors (Lipinski definition) is 2. The molecule has 1 aromatic rings. The van der Waals surface area contributed by atoms with E-state index in [2.05, 4.69) is 0 Å². The van der Waals surface area contributed by atoms with E-state index in [0.717, 1.165) is 7.05 Å². The second-order valence-electron chi connectivity index (χ2n) is 9.11. The van der Waals surface area contributed by atoms with Crippen LogP contribution < -0.4 is 0 Å². The number of ether oxygens (including phenoxy) is 1. The monoisotopic (exact) mass is 491 g/mol. The van der Waals surface area contributed by atoms with E-state index in [1.807, 2.05) is 0 Å². The van der Waals surface area contributed by atoms with E-state index in [1.54, 1.807) is 18.2 Å². The molecule has 2 fully saturated rings. The first-order valence-corrected chi connectivity index (χ1v) is 10.6. The van der Waals surface area contributed by atoms with Crippen LogP contribution in [0.2, 0.25) is 0 Å². The molecule has 0 aliphatic heterocycles. The van der Waals surface area contributed by atoms with E-state index in [9.17, 15) is 30.7 Å². The van der Waals surface area contributed by atoms with Gasteiger partial charge >= 0.3 is 6.30 Å². The summed E-state index contributed by atoms with van der Waals surface area (Å²) in [6.07, 6.45) is -18.8. The maximum atomic E-state index is 15.2. The SMILES string of the molecule is CN(CCOC1(c2ccccc2)CC2CCC1(C)C2(C(F)C(F)F)C(F)C(F)F)C(F)(F)F. The fourth-order valence-electron chi connectivity index (χ4n) is 6.32. The van der Waals surface area contributed by atoms with Crippen molar-refractivity contribution in [2.24, 2.45) is 16.7 Å². The topological polar surface area (TPSA) is 12.5 Å². The molecule has 11 heteroatoms. The maximum absolute atomic E-state index is 15.2. The van der Waals surface area contributed by atoms with Crippen LogP contribution in [0.15, 0.2) is 30.3 Å². The Labute approximate surface area is 186 Å². The zero-order valence-corrected chi connectivity index (χ0v) is 18.1. The van der Waals surface area contributed by atoms with Crippen molar-refractivity contribution in [1.29, 1.82) is 0 Å². The van der Waals surface area contributed by atoms with Gasteiger partial charge in [-0.05, 0) is 37.8 Å². The van der Waals surface area contributed by atoms with E-state index in [0.29, 0.717) is 5.56 Å². The first kappa shape index (κ1) is 26.1. The highest BCUT2D eigenvalue weighted by molar-refractivity contribution is 5.35. The van der Waals surface area contributed by atoms with Crippen LogP contribution in [0.5, 0.6) is 0 Å². The summed E-state index contributed by atoms with van der Waals surface area (Å²) in [5, 5.41) is 0. The number of benzene rings is 1. The minimum Gasteiger partial charge on any atom is -0.368 e. The molecular weight excluding hydrogens is 465 g/mol. The van der Waals surface area contributed by atoms with Crippen molar-refractivity contribution >= 4 is 0 Å². The third kappa shape index (κ3) is 3.83. The lowest BCUT2D eigenvalue weighted by Crippen LogP contribution is -2.59. The van der Waals surface area contributed by atoms with Gasteiger partial charge in [0.05, 0.1) is 17.6 Å². The number of fused-ring (bicyclic) bond motifs is 2. The Morgan fingerprint density at radius 3 is 2.03 bits per heavy atom. The number of likely N-dealkylation sites (N-methyl/N-ethyl adjacent to an activating group) is 1. The molecule has 2 aliphatic rings. The zero-order valence-electron chi connectivity index (χ0n) is 18.1. The zero-order chi connectivity index (χ0) is 24.8. The molecule has 3 rings (SSSR count). The molecule has 0 amide bonds. The summed E-state index contributed by atoms with van der Waals surface area (Å²) >= 11 is 0. The first-order valence-electron chi connectivity index (χ1n) is 10.6. The Hall–Kier alpha value is -1.49. The van der Waals surface area contributed by atoms with Crippen molar-refractivity contribution in [2.45, 2.75) is 63.3 Å². The Kier molecular flexibility index (Phi) is 7.08. The molecule has 0 radical (unpaired) electrons. The predicted molar refractivity (Wildman–Crippen MR) is 102 cm³/mol. The molecule has 5 atom stereocenters. The highest BCUT2D eigenvalue weighted by Crippen LogP contribution is 2.77. The summed E-state index contributed by atoms with van der Waals surface area (Å²) in [7, 11) is 0.786. The van der Waals surface area contributed by atoms with Gasteiger partial charge in [0.25, 0.3) is 12.9 Å². The highest BCUT2D eigenvalue weighted by atomic mass is 19.4. The number of rotatable bonds is 9. The van der Waals surface area contributed by atoms with Crippen molar-refractivity contribution in [2.75, 3.05) is 20.2 Å². The molecule has 0 spiro atoms. The second kappa shape index (κ2) is 8.94. The van der Waals surface area contributed by atoms with Crippen molar-refractivity contribution in [3.8, 4) is 0 Å². The summed E-state index contributed by atoms with van der Waals surface area (Å²) in [4.78, 5) is 0.0444. The fourth-order valence-corrected chi connectivity index (χ4v) is 6.32. The van der Waals surface area contributed by atoms with E-state index in [4.69, 9.17) is 4.74 Å². The van der Waals surface area contributed by atoms with Gasteiger partial charge in [0.1, 0.15) is 0 Å². The Morgan fingerprint density at radius 1 is 1.00 bits per heavy atom. The molecule has 2 saturated carbocycles. The van der Waals surface area contributed by atoms with Crippen LogP contribution in [0, 0.1) is 16.7 Å². The van der Waals surface area contributed by atoms with Crippen molar-refractivity contribution in [1.82, 2.24) is 4.90 Å². The molecule has 33 heavy (non-hydrogen) atoms. The van der Waals surface area contributed by atoms with E-state index >= 15 is 8.78 Å². The van der Waals surface area contributed by atoms with Crippen molar-refractivity contribution < 1.29 is 44.3 Å². The van der Waals surface area contributed by atoms with E-state index in [1.165, 1.54) is 19.1 Å². The summed E-state index contributed by atoms with van der Waals surface area (Å²) in [5.74, 6) is -1.21. The van der Waals surface area contributed by atoms with Gasteiger partial charge in [-0.1, -0.05) is 37.3 Å². The first-order chi connectivity index (χ1) is 15.3. The minimum absolute atomic E-state index is 0.0250. The van der Waals surface area contributed by atoms with Gasteiger partial charge in [0.15, 0.2) is 12.3 Å². The molecule has 5 unspecified atom stereocenters. The maximum Gasteiger partial charge on any atom is 0.459 e. The van der Waals surface area contributed by atoms with E-state index < -0.39 is 67.0 Å². The molecule has 0 aromatic heterocycles. The molecule has 2 bridgehead atoms. The van der Waals surface area contributed by atoms with Gasteiger partial charge in [-0.25, -0.2) is 31.2 Å². The molecule has 0 N–H and O–H groups in total. The molecule has 0 saturated heterocycles. The van der Waals surface area contributed by atoms with Crippen molar-refractivity contribution in [3.05, 3.63) is 35.9 Å². The Bertz CT molecular complexity index is 791. The number of nitrogens with zero attached hydrogens (tertiary/aromatic N) is 1. The lowest BCUT2D eigenvalue weighted by atomic mass is 9.57. The summed E-state index contributed by atoms with van der Waals surface area (Å²) in [6, 6.07) is 7.75. The Balaban J connectivity index is 2.12. The summed E-state index contributed by atoms with van der Waals surface area (Å²) in [5.41, 5.74) is -6.05. The number of alkyl halides is 9. The quantitative estimate of drug-likeness (QED) is 0.294. The molecule has 1 aromatic carbocycles. The number of hydrogen-bond donors (Lipinski definition) is 0. The Morgan fingerprint density at radius 2 is 1.55 bits per heavy atom. The average molecular weight is 491 g/mol. The van der Waals surface area contributed by atoms with Crippen LogP contribution in [0.1, 0.15) is 31.7 Å². The highest BCUT2D eigenvalue weighted by Gasteiger charge is 2.80.